The summed E-state index contributed by atoms with van der Waals surface area (Å²) >= 11 is 5.95. The Kier molecular flexibility index (Phi) is 6.98. The third-order valence-corrected chi connectivity index (χ3v) is 11.2. The van der Waals surface area contributed by atoms with Gasteiger partial charge >= 0.3 is 0 Å². The minimum absolute atomic E-state index is 0.0134. The van der Waals surface area contributed by atoms with Crippen LogP contribution in [0.5, 0.6) is 5.75 Å². The lowest BCUT2D eigenvalue weighted by molar-refractivity contribution is 0.0771. The van der Waals surface area contributed by atoms with Gasteiger partial charge in [0.1, 0.15) is 10.6 Å². The predicted octanol–water partition coefficient (Wildman–Crippen LogP) is 4.43. The number of halogens is 3. The van der Waals surface area contributed by atoms with Gasteiger partial charge in [0.25, 0.3) is 0 Å². The Morgan fingerprint density at radius 1 is 1.09 bits per heavy atom. The lowest BCUT2D eigenvalue weighted by atomic mass is 9.67. The number of benzene rings is 2. The van der Waals surface area contributed by atoms with Gasteiger partial charge in [-0.2, -0.15) is 0 Å². The van der Waals surface area contributed by atoms with Crippen LogP contribution in [-0.2, 0) is 24.6 Å². The molecule has 6 nitrogen and oxygen atoms in total. The van der Waals surface area contributed by atoms with Gasteiger partial charge in [0.2, 0.25) is 10.0 Å². The van der Waals surface area contributed by atoms with Gasteiger partial charge in [0, 0.05) is 17.5 Å². The van der Waals surface area contributed by atoms with Crippen molar-refractivity contribution in [1.82, 2.24) is 4.72 Å². The fraction of sp³-hybridized carbons (Fsp3) is 0.478. The van der Waals surface area contributed by atoms with Crippen molar-refractivity contribution in [3.63, 3.8) is 0 Å². The minimum Gasteiger partial charge on any atom is -0.490 e. The molecule has 1 aliphatic carbocycles. The minimum atomic E-state index is -4.27. The predicted molar refractivity (Wildman–Crippen MR) is 125 cm³/mol. The van der Waals surface area contributed by atoms with E-state index in [1.165, 1.54) is 24.3 Å². The Morgan fingerprint density at radius 3 is 2.44 bits per heavy atom. The van der Waals surface area contributed by atoms with Gasteiger partial charge < -0.3 is 4.74 Å². The lowest BCUT2D eigenvalue weighted by Crippen LogP contribution is -2.55. The number of fused-ring (bicyclic) bond motifs is 3. The number of sulfone groups is 1. The van der Waals surface area contributed by atoms with Gasteiger partial charge in [-0.25, -0.2) is 30.3 Å². The highest BCUT2D eigenvalue weighted by Gasteiger charge is 2.60. The second kappa shape index (κ2) is 9.37. The van der Waals surface area contributed by atoms with Gasteiger partial charge in [0.05, 0.1) is 22.8 Å². The van der Waals surface area contributed by atoms with Crippen LogP contribution in [0, 0.1) is 23.5 Å². The number of nitrogens with one attached hydrogen (secondary N) is 1. The molecule has 0 bridgehead atoms. The first-order valence-electron chi connectivity index (χ1n) is 11.1. The molecule has 1 fully saturated rings. The van der Waals surface area contributed by atoms with E-state index in [0.29, 0.717) is 24.3 Å². The van der Waals surface area contributed by atoms with Crippen LogP contribution in [-0.4, -0.2) is 35.7 Å². The van der Waals surface area contributed by atoms with Crippen molar-refractivity contribution in [1.29, 1.82) is 0 Å². The van der Waals surface area contributed by atoms with Crippen molar-refractivity contribution >= 4 is 31.5 Å². The smallest absolute Gasteiger partial charge is 0.211 e. The van der Waals surface area contributed by atoms with Gasteiger partial charge in [-0.3, -0.25) is 0 Å². The molecule has 2 aromatic carbocycles. The quantitative estimate of drug-likeness (QED) is 0.569. The summed E-state index contributed by atoms with van der Waals surface area (Å²) in [7, 11) is -7.82. The van der Waals surface area contributed by atoms with E-state index in [-0.39, 0.29) is 35.8 Å². The molecule has 34 heavy (non-hydrogen) atoms. The van der Waals surface area contributed by atoms with Crippen molar-refractivity contribution in [2.75, 3.05) is 18.9 Å². The molecule has 1 heterocycles. The van der Waals surface area contributed by atoms with E-state index in [9.17, 15) is 21.2 Å². The third kappa shape index (κ3) is 4.23. The van der Waals surface area contributed by atoms with E-state index >= 15 is 4.39 Å². The molecule has 11 heteroatoms. The topological polar surface area (TPSA) is 89.5 Å². The molecular weight excluding hydrogens is 508 g/mol. The maximum Gasteiger partial charge on any atom is 0.211 e. The van der Waals surface area contributed by atoms with Crippen LogP contribution in [0.4, 0.5) is 8.78 Å². The summed E-state index contributed by atoms with van der Waals surface area (Å²) in [5.74, 6) is -3.43. The first-order valence-corrected chi connectivity index (χ1v) is 14.6. The molecule has 0 radical (unpaired) electrons. The molecule has 0 unspecified atom stereocenters. The molecule has 1 aliphatic heterocycles. The zero-order chi connectivity index (χ0) is 24.7. The number of ether oxygens (including phenoxy) is 1. The van der Waals surface area contributed by atoms with Crippen molar-refractivity contribution in [2.24, 2.45) is 11.8 Å². The van der Waals surface area contributed by atoms with Gasteiger partial charge in [0.15, 0.2) is 21.4 Å². The highest BCUT2D eigenvalue weighted by atomic mass is 35.5. The molecule has 4 rings (SSSR count). The van der Waals surface area contributed by atoms with Crippen LogP contribution >= 0.6 is 11.6 Å². The maximum absolute atomic E-state index is 15.3. The maximum atomic E-state index is 15.3. The van der Waals surface area contributed by atoms with Crippen LogP contribution in [0.3, 0.4) is 0 Å². The van der Waals surface area contributed by atoms with Gasteiger partial charge in [-0.1, -0.05) is 24.9 Å². The molecule has 0 aromatic heterocycles. The second-order valence-electron chi connectivity index (χ2n) is 8.82. The number of sulfonamides is 1. The average molecular weight is 534 g/mol. The monoisotopic (exact) mass is 533 g/mol. The van der Waals surface area contributed by atoms with Gasteiger partial charge in [-0.05, 0) is 61.6 Å². The second-order valence-corrected chi connectivity index (χ2v) is 13.4. The third-order valence-electron chi connectivity index (χ3n) is 6.82. The van der Waals surface area contributed by atoms with Crippen LogP contribution in [0.2, 0.25) is 5.02 Å². The summed E-state index contributed by atoms with van der Waals surface area (Å²) in [5.41, 5.74) is -0.320. The molecule has 1 saturated carbocycles. The lowest BCUT2D eigenvalue weighted by Gasteiger charge is -2.50. The molecule has 0 spiro atoms. The van der Waals surface area contributed by atoms with Crippen molar-refractivity contribution in [3.8, 4) is 5.75 Å². The fourth-order valence-electron chi connectivity index (χ4n) is 5.33. The Morgan fingerprint density at radius 2 is 1.76 bits per heavy atom. The molecule has 3 atom stereocenters. The summed E-state index contributed by atoms with van der Waals surface area (Å²) in [6.07, 6.45) is 1.39. The first-order chi connectivity index (χ1) is 16.0. The van der Waals surface area contributed by atoms with Crippen molar-refractivity contribution < 1.29 is 30.4 Å². The highest BCUT2D eigenvalue weighted by Crippen LogP contribution is 2.58. The number of rotatable bonds is 7. The van der Waals surface area contributed by atoms with E-state index in [1.54, 1.807) is 6.92 Å². The number of hydrogen-bond donors (Lipinski definition) is 1. The molecule has 2 aliphatic rings. The van der Waals surface area contributed by atoms with Crippen LogP contribution in [0.25, 0.3) is 0 Å². The van der Waals surface area contributed by atoms with Crippen molar-refractivity contribution in [2.45, 2.75) is 42.2 Å². The van der Waals surface area contributed by atoms with E-state index in [2.05, 4.69) is 4.72 Å². The molecule has 186 valence electrons. The zero-order valence-electron chi connectivity index (χ0n) is 18.6. The Hall–Kier alpha value is -1.75. The van der Waals surface area contributed by atoms with E-state index in [4.69, 9.17) is 16.3 Å². The Bertz CT molecular complexity index is 1290. The molecule has 0 amide bonds. The standard InChI is InChI=1S/C23H26ClF2NO5S2/c1-2-12-33(28,29)27-13-15-4-3-11-23(34(30,31)17-7-5-16(24)6-8-17)18(15)14-32-22-20(26)10-9-19(25)21(22)23/h5-10,15,18,27H,2-4,11-14H2,1H3/t15-,18-,23-/m0/s1. The van der Waals surface area contributed by atoms with E-state index in [1.807, 2.05) is 0 Å². The summed E-state index contributed by atoms with van der Waals surface area (Å²) in [6.45, 7) is 1.55. The Balaban J connectivity index is 1.88. The van der Waals surface area contributed by atoms with Crippen LogP contribution in [0.1, 0.15) is 38.2 Å². The van der Waals surface area contributed by atoms with Crippen LogP contribution < -0.4 is 9.46 Å². The molecule has 1 N–H and O–H groups in total. The Labute approximate surface area is 203 Å². The first kappa shape index (κ1) is 25.3. The van der Waals surface area contributed by atoms with E-state index in [0.717, 1.165) is 12.1 Å². The molecular formula is C23H26ClF2NO5S2. The molecule has 0 saturated heterocycles. The summed E-state index contributed by atoms with van der Waals surface area (Å²) in [4.78, 5) is -0.0642. The fourth-order valence-corrected chi connectivity index (χ4v) is 9.05. The zero-order valence-corrected chi connectivity index (χ0v) is 20.9. The molecule has 2 aromatic rings. The summed E-state index contributed by atoms with van der Waals surface area (Å²) in [5, 5.41) is 0.337. The highest BCUT2D eigenvalue weighted by molar-refractivity contribution is 7.92. The summed E-state index contributed by atoms with van der Waals surface area (Å²) in [6, 6.07) is 7.39. The van der Waals surface area contributed by atoms with Crippen molar-refractivity contribution in [3.05, 3.63) is 58.6 Å². The SMILES string of the molecule is CCCS(=O)(=O)NC[C@@H]1CCC[C@@]2(S(=O)(=O)c3ccc(Cl)cc3)c3c(F)ccc(F)c3OC[C@@H]12. The average Bonchev–Trinajstić information content (AvgIpc) is 2.79. The summed E-state index contributed by atoms with van der Waals surface area (Å²) < 4.78 is 89.4. The number of hydrogen-bond acceptors (Lipinski definition) is 5. The van der Waals surface area contributed by atoms with E-state index < -0.39 is 53.8 Å². The normalized spacial score (nSPS) is 24.7. The van der Waals surface area contributed by atoms with Gasteiger partial charge in [-0.15, -0.1) is 0 Å². The largest absolute Gasteiger partial charge is 0.490 e. The van der Waals surface area contributed by atoms with Crippen LogP contribution in [0.15, 0.2) is 41.3 Å².